The molecule has 8 heteroatoms. The molecular weight excluding hydrogens is 536 g/mol. The van der Waals surface area contributed by atoms with Gasteiger partial charge in [-0.1, -0.05) is 77.1 Å². The zero-order chi connectivity index (χ0) is 29.1. The van der Waals surface area contributed by atoms with Gasteiger partial charge in [0.15, 0.2) is 16.3 Å². The minimum atomic E-state index is -0.639. The van der Waals surface area contributed by atoms with Gasteiger partial charge in [-0.15, -0.1) is 0 Å². The largest absolute Gasteiger partial charge is 0.493 e. The number of ether oxygens (including phenoxy) is 3. The highest BCUT2D eigenvalue weighted by Crippen LogP contribution is 2.31. The van der Waals surface area contributed by atoms with Gasteiger partial charge in [-0.3, -0.25) is 9.36 Å². The van der Waals surface area contributed by atoms with Crippen LogP contribution < -0.4 is 24.4 Å². The number of rotatable bonds is 8. The lowest BCUT2D eigenvalue weighted by Crippen LogP contribution is -2.39. The standard InChI is InChI=1S/C33H32N2O5S/c1-6-39-32(37)29-22(4)34-33-35(30(29)25-14-9-21(3)10-15-25)31(36)28(41-33)18-24-13-16-26(27(17-24)38-5)40-19-23-11-7-20(2)8-12-23/h7-18,30H,6,19H2,1-5H3/b28-18+/t30-/m0/s1. The van der Waals surface area contributed by atoms with Crippen LogP contribution in [0.1, 0.15) is 47.7 Å². The average Bonchev–Trinajstić information content (AvgIpc) is 3.26. The van der Waals surface area contributed by atoms with E-state index in [9.17, 15) is 9.59 Å². The number of allylic oxidation sites excluding steroid dienone is 1. The third-order valence-electron chi connectivity index (χ3n) is 6.91. The quantitative estimate of drug-likeness (QED) is 0.280. The molecular formula is C33H32N2O5S. The van der Waals surface area contributed by atoms with Crippen LogP contribution in [-0.4, -0.2) is 24.3 Å². The first-order valence-electron chi connectivity index (χ1n) is 13.4. The van der Waals surface area contributed by atoms with Crippen LogP contribution in [0.3, 0.4) is 0 Å². The van der Waals surface area contributed by atoms with Crippen molar-refractivity contribution in [1.82, 2.24) is 4.57 Å². The van der Waals surface area contributed by atoms with Crippen molar-refractivity contribution in [3.8, 4) is 11.5 Å². The Balaban J connectivity index is 1.53. The molecule has 0 aliphatic carbocycles. The first-order chi connectivity index (χ1) is 19.8. The van der Waals surface area contributed by atoms with Crippen molar-refractivity contribution in [3.63, 3.8) is 0 Å². The number of thiazole rings is 1. The number of carbonyl (C=O) groups excluding carboxylic acids is 1. The molecule has 0 spiro atoms. The summed E-state index contributed by atoms with van der Waals surface area (Å²) in [5.41, 5.74) is 5.61. The zero-order valence-corrected chi connectivity index (χ0v) is 24.6. The van der Waals surface area contributed by atoms with E-state index in [0.29, 0.717) is 38.7 Å². The molecule has 0 bridgehead atoms. The summed E-state index contributed by atoms with van der Waals surface area (Å²) in [5, 5.41) is 0. The van der Waals surface area contributed by atoms with Crippen LogP contribution in [0.5, 0.6) is 11.5 Å². The highest BCUT2D eigenvalue weighted by atomic mass is 32.1. The third-order valence-corrected chi connectivity index (χ3v) is 7.89. The fourth-order valence-corrected chi connectivity index (χ4v) is 5.79. The highest BCUT2D eigenvalue weighted by Gasteiger charge is 2.33. The summed E-state index contributed by atoms with van der Waals surface area (Å²) in [6.45, 7) is 8.23. The molecule has 1 aromatic heterocycles. The van der Waals surface area contributed by atoms with E-state index in [0.717, 1.165) is 22.3 Å². The number of aryl methyl sites for hydroxylation is 2. The van der Waals surface area contributed by atoms with Crippen molar-refractivity contribution in [2.45, 2.75) is 40.3 Å². The van der Waals surface area contributed by atoms with Gasteiger partial charge in [0.2, 0.25) is 0 Å². The number of benzene rings is 3. The molecule has 1 aliphatic rings. The zero-order valence-electron chi connectivity index (χ0n) is 23.8. The Morgan fingerprint density at radius 1 is 0.976 bits per heavy atom. The molecule has 1 atom stereocenters. The molecule has 0 saturated heterocycles. The van der Waals surface area contributed by atoms with Gasteiger partial charge in [-0.2, -0.15) is 0 Å². The van der Waals surface area contributed by atoms with E-state index in [1.165, 1.54) is 16.9 Å². The number of fused-ring (bicyclic) bond motifs is 1. The number of hydrogen-bond donors (Lipinski definition) is 0. The van der Waals surface area contributed by atoms with Crippen LogP contribution in [-0.2, 0) is 16.1 Å². The van der Waals surface area contributed by atoms with Crippen molar-refractivity contribution in [2.24, 2.45) is 4.99 Å². The van der Waals surface area contributed by atoms with Crippen molar-refractivity contribution in [1.29, 1.82) is 0 Å². The molecule has 0 N–H and O–H groups in total. The van der Waals surface area contributed by atoms with E-state index in [-0.39, 0.29) is 12.2 Å². The Labute approximate surface area is 242 Å². The number of esters is 1. The number of carbonyl (C=O) groups is 1. The van der Waals surface area contributed by atoms with Crippen molar-refractivity contribution < 1.29 is 19.0 Å². The molecule has 5 rings (SSSR count). The summed E-state index contributed by atoms with van der Waals surface area (Å²) in [5.74, 6) is 0.705. The van der Waals surface area contributed by atoms with E-state index in [4.69, 9.17) is 14.2 Å². The van der Waals surface area contributed by atoms with Gasteiger partial charge < -0.3 is 14.2 Å². The molecule has 0 saturated carbocycles. The van der Waals surface area contributed by atoms with Crippen LogP contribution in [0, 0.1) is 13.8 Å². The third kappa shape index (κ3) is 5.88. The molecule has 3 aromatic carbocycles. The van der Waals surface area contributed by atoms with E-state index < -0.39 is 12.0 Å². The predicted octanol–water partition coefficient (Wildman–Crippen LogP) is 5.00. The minimum Gasteiger partial charge on any atom is -0.493 e. The van der Waals surface area contributed by atoms with E-state index in [2.05, 4.69) is 17.1 Å². The van der Waals surface area contributed by atoms with Gasteiger partial charge in [0, 0.05) is 0 Å². The van der Waals surface area contributed by atoms with Crippen LogP contribution in [0.25, 0.3) is 6.08 Å². The Bertz CT molecular complexity index is 1800. The molecule has 0 fully saturated rings. The maximum Gasteiger partial charge on any atom is 0.338 e. The summed E-state index contributed by atoms with van der Waals surface area (Å²) >= 11 is 1.29. The van der Waals surface area contributed by atoms with E-state index in [1.807, 2.05) is 74.5 Å². The van der Waals surface area contributed by atoms with Gasteiger partial charge in [-0.05, 0) is 62.6 Å². The van der Waals surface area contributed by atoms with Crippen LogP contribution >= 0.6 is 11.3 Å². The lowest BCUT2D eigenvalue weighted by molar-refractivity contribution is -0.139. The molecule has 4 aromatic rings. The summed E-state index contributed by atoms with van der Waals surface area (Å²) in [4.78, 5) is 32.1. The molecule has 0 amide bonds. The van der Waals surface area contributed by atoms with Gasteiger partial charge >= 0.3 is 5.97 Å². The molecule has 0 unspecified atom stereocenters. The fourth-order valence-electron chi connectivity index (χ4n) is 4.75. The summed E-state index contributed by atoms with van der Waals surface area (Å²) in [7, 11) is 1.59. The van der Waals surface area contributed by atoms with Gasteiger partial charge in [0.25, 0.3) is 5.56 Å². The number of methoxy groups -OCH3 is 1. The molecule has 0 radical (unpaired) electrons. The first-order valence-corrected chi connectivity index (χ1v) is 14.2. The number of aromatic nitrogens is 1. The maximum atomic E-state index is 13.9. The predicted molar refractivity (Wildman–Crippen MR) is 160 cm³/mol. The Morgan fingerprint density at radius 3 is 2.32 bits per heavy atom. The number of nitrogens with zero attached hydrogens (tertiary/aromatic N) is 2. The SMILES string of the molecule is CCOC(=O)C1=C(C)N=c2s/c(=C/c3ccc(OCc4ccc(C)cc4)c(OC)c3)c(=O)n2[C@H]1c1ccc(C)cc1. The molecule has 1 aliphatic heterocycles. The Kier molecular flexibility index (Phi) is 8.21. The maximum absolute atomic E-state index is 13.9. The second-order valence-electron chi connectivity index (χ2n) is 9.90. The van der Waals surface area contributed by atoms with Crippen molar-refractivity contribution in [3.05, 3.63) is 126 Å². The van der Waals surface area contributed by atoms with Crippen LogP contribution in [0.4, 0.5) is 0 Å². The van der Waals surface area contributed by atoms with Gasteiger partial charge in [-0.25, -0.2) is 9.79 Å². The topological polar surface area (TPSA) is 79.1 Å². The minimum absolute atomic E-state index is 0.229. The molecule has 7 nitrogen and oxygen atoms in total. The molecule has 2 heterocycles. The van der Waals surface area contributed by atoms with Gasteiger partial charge in [0.05, 0.1) is 35.6 Å². The summed E-state index contributed by atoms with van der Waals surface area (Å²) in [6.07, 6.45) is 1.81. The second kappa shape index (κ2) is 12.0. The first kappa shape index (κ1) is 28.1. The Morgan fingerprint density at radius 2 is 1.66 bits per heavy atom. The number of hydrogen-bond acceptors (Lipinski definition) is 7. The highest BCUT2D eigenvalue weighted by molar-refractivity contribution is 7.07. The van der Waals surface area contributed by atoms with Crippen LogP contribution in [0.2, 0.25) is 0 Å². The smallest absolute Gasteiger partial charge is 0.338 e. The average molecular weight is 569 g/mol. The van der Waals surface area contributed by atoms with Crippen molar-refractivity contribution in [2.75, 3.05) is 13.7 Å². The van der Waals surface area contributed by atoms with E-state index in [1.54, 1.807) is 25.5 Å². The normalized spacial score (nSPS) is 14.9. The lowest BCUT2D eigenvalue weighted by atomic mass is 9.95. The summed E-state index contributed by atoms with van der Waals surface area (Å²) < 4.78 is 19.1. The van der Waals surface area contributed by atoms with Gasteiger partial charge in [0.1, 0.15) is 6.61 Å². The fraction of sp³-hybridized carbons (Fsp3) is 0.242. The van der Waals surface area contributed by atoms with E-state index >= 15 is 0 Å². The van der Waals surface area contributed by atoms with Crippen molar-refractivity contribution >= 4 is 23.4 Å². The summed E-state index contributed by atoms with van der Waals surface area (Å²) in [6, 6.07) is 20.9. The lowest BCUT2D eigenvalue weighted by Gasteiger charge is -2.24. The van der Waals surface area contributed by atoms with Crippen LogP contribution in [0.15, 0.2) is 87.8 Å². The molecule has 210 valence electrons. The molecule has 41 heavy (non-hydrogen) atoms. The monoisotopic (exact) mass is 568 g/mol. The Hall–Kier alpha value is -4.43. The second-order valence-corrected chi connectivity index (χ2v) is 10.9.